The predicted octanol–water partition coefficient (Wildman–Crippen LogP) is 2.16. The number of nitrogens with zero attached hydrogens (tertiary/aromatic N) is 1. The highest BCUT2D eigenvalue weighted by Crippen LogP contribution is 2.48. The van der Waals surface area contributed by atoms with Crippen molar-refractivity contribution in [3.8, 4) is 17.2 Å². The van der Waals surface area contributed by atoms with Crippen molar-refractivity contribution in [1.82, 2.24) is 10.2 Å². The van der Waals surface area contributed by atoms with E-state index in [-0.39, 0.29) is 11.8 Å². The van der Waals surface area contributed by atoms with Gasteiger partial charge in [-0.15, -0.1) is 0 Å². The number of hydrogen-bond donors (Lipinski definition) is 2. The average molecular weight is 306 g/mol. The Kier molecular flexibility index (Phi) is 4.74. The number of hydrogen-bond acceptors (Lipinski definition) is 5. The van der Waals surface area contributed by atoms with Gasteiger partial charge in [-0.3, -0.25) is 4.90 Å². The number of phenols is 1. The highest BCUT2D eigenvalue weighted by atomic mass is 16.5. The zero-order chi connectivity index (χ0) is 15.5. The molecule has 0 radical (unpaired) electrons. The zero-order valence-corrected chi connectivity index (χ0v) is 13.5. The molecule has 2 aliphatic rings. The summed E-state index contributed by atoms with van der Waals surface area (Å²) < 4.78 is 10.8. The second-order valence-electron chi connectivity index (χ2n) is 6.18. The minimum atomic E-state index is 0.233. The van der Waals surface area contributed by atoms with Gasteiger partial charge in [0.05, 0.1) is 19.8 Å². The summed E-state index contributed by atoms with van der Waals surface area (Å²) in [6.45, 7) is 4.02. The van der Waals surface area contributed by atoms with Crippen molar-refractivity contribution in [2.75, 3.05) is 40.4 Å². The smallest absolute Gasteiger partial charge is 0.131 e. The molecule has 0 aromatic heterocycles. The lowest BCUT2D eigenvalue weighted by molar-refractivity contribution is 0.0799. The fourth-order valence-corrected chi connectivity index (χ4v) is 3.60. The van der Waals surface area contributed by atoms with Crippen LogP contribution in [0.5, 0.6) is 17.2 Å². The van der Waals surface area contributed by atoms with E-state index in [0.29, 0.717) is 11.7 Å². The summed E-state index contributed by atoms with van der Waals surface area (Å²) in [5.41, 5.74) is 0.926. The van der Waals surface area contributed by atoms with Gasteiger partial charge in [-0.1, -0.05) is 6.42 Å². The molecule has 0 bridgehead atoms. The van der Waals surface area contributed by atoms with Crippen LogP contribution in [-0.2, 0) is 0 Å². The maximum Gasteiger partial charge on any atom is 0.131 e. The van der Waals surface area contributed by atoms with E-state index in [1.165, 1.54) is 19.3 Å². The van der Waals surface area contributed by atoms with Crippen molar-refractivity contribution in [3.05, 3.63) is 17.7 Å². The van der Waals surface area contributed by atoms with E-state index in [1.54, 1.807) is 20.3 Å². The molecule has 2 N–H and O–H groups in total. The molecule has 3 rings (SSSR count). The summed E-state index contributed by atoms with van der Waals surface area (Å²) in [6, 6.07) is 3.81. The molecule has 5 heteroatoms. The van der Waals surface area contributed by atoms with Gasteiger partial charge >= 0.3 is 0 Å². The number of aromatic hydroxyl groups is 1. The third kappa shape index (κ3) is 2.88. The van der Waals surface area contributed by atoms with Crippen LogP contribution in [-0.4, -0.2) is 50.4 Å². The minimum Gasteiger partial charge on any atom is -0.507 e. The minimum absolute atomic E-state index is 0.233. The molecular weight excluding hydrogens is 280 g/mol. The van der Waals surface area contributed by atoms with Crippen molar-refractivity contribution in [1.29, 1.82) is 0 Å². The van der Waals surface area contributed by atoms with Crippen LogP contribution < -0.4 is 14.8 Å². The van der Waals surface area contributed by atoms with Crippen LogP contribution in [0.1, 0.15) is 30.9 Å². The normalized spacial score (nSPS) is 21.2. The van der Waals surface area contributed by atoms with Crippen molar-refractivity contribution in [3.63, 3.8) is 0 Å². The molecule has 1 aromatic carbocycles. The molecule has 1 heterocycles. The summed E-state index contributed by atoms with van der Waals surface area (Å²) in [7, 11) is 3.26. The van der Waals surface area contributed by atoms with E-state index in [4.69, 9.17) is 9.47 Å². The van der Waals surface area contributed by atoms with Crippen LogP contribution in [0.2, 0.25) is 0 Å². The molecule has 0 unspecified atom stereocenters. The van der Waals surface area contributed by atoms with Crippen LogP contribution >= 0.6 is 0 Å². The number of benzene rings is 1. The average Bonchev–Trinajstić information content (AvgIpc) is 2.51. The quantitative estimate of drug-likeness (QED) is 0.873. The Morgan fingerprint density at radius 3 is 2.45 bits per heavy atom. The van der Waals surface area contributed by atoms with E-state index in [9.17, 15) is 5.11 Å². The Morgan fingerprint density at radius 1 is 1.18 bits per heavy atom. The number of nitrogens with one attached hydrogen (secondary N) is 1. The van der Waals surface area contributed by atoms with E-state index < -0.39 is 0 Å². The largest absolute Gasteiger partial charge is 0.507 e. The van der Waals surface area contributed by atoms with Gasteiger partial charge in [-0.2, -0.15) is 0 Å². The molecule has 5 nitrogen and oxygen atoms in total. The van der Waals surface area contributed by atoms with Gasteiger partial charge in [0, 0.05) is 44.4 Å². The zero-order valence-electron chi connectivity index (χ0n) is 13.5. The Labute approximate surface area is 132 Å². The molecule has 1 aliphatic carbocycles. The molecular formula is C17H26N2O3. The van der Waals surface area contributed by atoms with Crippen molar-refractivity contribution in [2.45, 2.75) is 25.3 Å². The number of rotatable bonds is 5. The second-order valence-corrected chi connectivity index (χ2v) is 6.18. The van der Waals surface area contributed by atoms with Crippen molar-refractivity contribution in [2.24, 2.45) is 5.92 Å². The first kappa shape index (κ1) is 15.4. The second kappa shape index (κ2) is 6.75. The van der Waals surface area contributed by atoms with Crippen LogP contribution in [0.15, 0.2) is 12.1 Å². The summed E-state index contributed by atoms with van der Waals surface area (Å²) in [5.74, 6) is 2.25. The first-order chi connectivity index (χ1) is 10.7. The third-order valence-electron chi connectivity index (χ3n) is 4.99. The Morgan fingerprint density at radius 2 is 1.91 bits per heavy atom. The topological polar surface area (TPSA) is 54.0 Å². The molecule has 1 saturated heterocycles. The first-order valence-electron chi connectivity index (χ1n) is 8.14. The summed E-state index contributed by atoms with van der Waals surface area (Å²) in [4.78, 5) is 2.49. The lowest BCUT2D eigenvalue weighted by Gasteiger charge is -2.43. The van der Waals surface area contributed by atoms with Crippen LogP contribution in [0.25, 0.3) is 0 Å². The summed E-state index contributed by atoms with van der Waals surface area (Å²) in [5, 5.41) is 14.0. The maximum atomic E-state index is 10.6. The van der Waals surface area contributed by atoms with E-state index in [0.717, 1.165) is 37.5 Å². The van der Waals surface area contributed by atoms with Gasteiger partial charge in [0.2, 0.25) is 0 Å². The van der Waals surface area contributed by atoms with Crippen molar-refractivity contribution < 1.29 is 14.6 Å². The lowest BCUT2D eigenvalue weighted by atomic mass is 9.75. The van der Waals surface area contributed by atoms with Crippen LogP contribution in [0.3, 0.4) is 0 Å². The highest BCUT2D eigenvalue weighted by Gasteiger charge is 2.37. The molecule has 122 valence electrons. The molecule has 1 aromatic rings. The fourth-order valence-electron chi connectivity index (χ4n) is 3.60. The van der Waals surface area contributed by atoms with Gasteiger partial charge in [0.15, 0.2) is 0 Å². The number of ether oxygens (including phenoxy) is 2. The number of piperazine rings is 1. The summed E-state index contributed by atoms with van der Waals surface area (Å²) >= 11 is 0. The van der Waals surface area contributed by atoms with Crippen molar-refractivity contribution >= 4 is 0 Å². The molecule has 1 saturated carbocycles. The van der Waals surface area contributed by atoms with E-state index >= 15 is 0 Å². The molecule has 0 amide bonds. The Balaban J connectivity index is 1.99. The molecule has 0 spiro atoms. The van der Waals surface area contributed by atoms with Gasteiger partial charge in [-0.05, 0) is 18.8 Å². The molecule has 1 aliphatic heterocycles. The Hall–Kier alpha value is -1.46. The van der Waals surface area contributed by atoms with Gasteiger partial charge in [-0.25, -0.2) is 0 Å². The van der Waals surface area contributed by atoms with Crippen LogP contribution in [0, 0.1) is 5.92 Å². The number of phenolic OH excluding ortho intramolecular Hbond substituents is 1. The molecule has 22 heavy (non-hydrogen) atoms. The summed E-state index contributed by atoms with van der Waals surface area (Å²) in [6.07, 6.45) is 3.74. The molecule has 2 fully saturated rings. The van der Waals surface area contributed by atoms with Gasteiger partial charge < -0.3 is 19.9 Å². The predicted molar refractivity (Wildman–Crippen MR) is 85.7 cm³/mol. The first-order valence-corrected chi connectivity index (χ1v) is 8.14. The van der Waals surface area contributed by atoms with E-state index in [1.807, 2.05) is 6.07 Å². The highest BCUT2D eigenvalue weighted by molar-refractivity contribution is 5.52. The standard InChI is InChI=1S/C17H26N2O3/c1-21-13-10-14(20)16(15(11-13)22-2)17(12-4-3-5-12)19-8-6-18-7-9-19/h10-12,17-18,20H,3-9H2,1-2H3/t17-/m0/s1. The SMILES string of the molecule is COc1cc(O)c([C@H](C2CCC2)N2CCNCC2)c(OC)c1. The molecule has 1 atom stereocenters. The van der Waals surface area contributed by atoms with E-state index in [2.05, 4.69) is 10.2 Å². The lowest BCUT2D eigenvalue weighted by Crippen LogP contribution is -2.47. The van der Waals surface area contributed by atoms with Gasteiger partial charge in [0.1, 0.15) is 17.2 Å². The third-order valence-corrected chi connectivity index (χ3v) is 4.99. The maximum absolute atomic E-state index is 10.6. The number of methoxy groups -OCH3 is 2. The fraction of sp³-hybridized carbons (Fsp3) is 0.647. The monoisotopic (exact) mass is 306 g/mol. The van der Waals surface area contributed by atoms with Crippen LogP contribution in [0.4, 0.5) is 0 Å². The Bertz CT molecular complexity index is 511. The van der Waals surface area contributed by atoms with Gasteiger partial charge in [0.25, 0.3) is 0 Å².